The Hall–Kier alpha value is -3.13. The van der Waals surface area contributed by atoms with E-state index in [2.05, 4.69) is 9.71 Å². The number of nitrogens with zero attached hydrogens (tertiary/aromatic N) is 1. The third kappa shape index (κ3) is 5.44. The van der Waals surface area contributed by atoms with Gasteiger partial charge in [0.2, 0.25) is 0 Å². The molecule has 0 amide bonds. The van der Waals surface area contributed by atoms with Gasteiger partial charge in [0.05, 0.1) is 5.56 Å². The Morgan fingerprint density at radius 2 is 1.92 bits per heavy atom. The lowest BCUT2D eigenvalue weighted by Crippen LogP contribution is -2.17. The Morgan fingerprint density at radius 3 is 2.62 bits per heavy atom. The van der Waals surface area contributed by atoms with Crippen molar-refractivity contribution in [2.75, 3.05) is 4.72 Å². The van der Waals surface area contributed by atoms with E-state index in [-0.39, 0.29) is 28.2 Å². The second-order valence-electron chi connectivity index (χ2n) is 10.9. The lowest BCUT2D eigenvalue weighted by Gasteiger charge is -2.19. The van der Waals surface area contributed by atoms with E-state index in [1.54, 1.807) is 36.4 Å². The van der Waals surface area contributed by atoms with Crippen molar-refractivity contribution in [2.45, 2.75) is 62.3 Å². The van der Waals surface area contributed by atoms with Crippen LogP contribution in [0.5, 0.6) is 5.75 Å². The number of aryl methyl sites for hydroxylation is 1. The van der Waals surface area contributed by atoms with Gasteiger partial charge in [-0.3, -0.25) is 4.72 Å². The average molecular weight is 521 g/mol. The molecule has 0 saturated heterocycles. The largest absolute Gasteiger partial charge is 0.507 e. The molecule has 3 unspecified atom stereocenters. The summed E-state index contributed by atoms with van der Waals surface area (Å²) in [6.45, 7) is 0. The van der Waals surface area contributed by atoms with E-state index in [9.17, 15) is 18.3 Å². The summed E-state index contributed by atoms with van der Waals surface area (Å²) in [6.07, 6.45) is 10.2. The third-order valence-electron chi connectivity index (χ3n) is 8.04. The number of nitrogens with one attached hydrogen (secondary N) is 1. The van der Waals surface area contributed by atoms with Crippen LogP contribution in [-0.2, 0) is 16.4 Å². The van der Waals surface area contributed by atoms with Crippen LogP contribution in [0.2, 0.25) is 0 Å². The van der Waals surface area contributed by atoms with Crippen LogP contribution in [0.1, 0.15) is 67.8 Å². The second kappa shape index (κ2) is 9.63. The Morgan fingerprint density at radius 1 is 1.08 bits per heavy atom. The van der Waals surface area contributed by atoms with Crippen LogP contribution in [0.25, 0.3) is 0 Å². The molecule has 0 aliphatic heterocycles. The molecule has 194 valence electrons. The Kier molecular flexibility index (Phi) is 6.31. The van der Waals surface area contributed by atoms with Gasteiger partial charge in [0, 0.05) is 30.3 Å². The first-order valence-electron chi connectivity index (χ1n) is 13.3. The molecule has 2 N–H and O–H groups in total. The summed E-state index contributed by atoms with van der Waals surface area (Å²) in [7, 11) is -3.85. The lowest BCUT2D eigenvalue weighted by atomic mass is 9.87. The number of hydrogen-bond acceptors (Lipinski definition) is 6. The van der Waals surface area contributed by atoms with Crippen molar-refractivity contribution < 1.29 is 17.9 Å². The molecule has 0 radical (unpaired) electrons. The summed E-state index contributed by atoms with van der Waals surface area (Å²) < 4.78 is 33.8. The number of aromatic hydroxyl groups is 1. The predicted molar refractivity (Wildman–Crippen MR) is 140 cm³/mol. The van der Waals surface area contributed by atoms with Crippen molar-refractivity contribution in [3.8, 4) is 5.75 Å². The molecule has 8 heteroatoms. The highest BCUT2D eigenvalue weighted by molar-refractivity contribution is 7.92. The normalized spacial score (nSPS) is 21.9. The summed E-state index contributed by atoms with van der Waals surface area (Å²) in [6, 6.07) is 13.3. The smallest absolute Gasteiger partial charge is 0.343 e. The van der Waals surface area contributed by atoms with E-state index < -0.39 is 15.6 Å². The number of aromatic nitrogens is 1. The fourth-order valence-corrected chi connectivity index (χ4v) is 6.80. The molecule has 3 aliphatic carbocycles. The van der Waals surface area contributed by atoms with Gasteiger partial charge in [-0.2, -0.15) is 8.42 Å². The number of benzene rings is 1. The van der Waals surface area contributed by atoms with Gasteiger partial charge >= 0.3 is 5.63 Å². The van der Waals surface area contributed by atoms with E-state index in [1.807, 2.05) is 6.07 Å². The van der Waals surface area contributed by atoms with Crippen molar-refractivity contribution in [3.63, 3.8) is 0 Å². The van der Waals surface area contributed by atoms with E-state index in [0.29, 0.717) is 17.9 Å². The standard InChI is InChI=1S/C29H32N2O5S/c32-25-17-23(8-4-5-20-16-24(20)18-10-11-18)36-29(33)28(25)27(19-12-13-19)21-6-3-7-22(15-21)31-37(34,35)26-9-1-2-14-30-26/h1-3,6-7,9,14-15,17-20,24,27,31-32H,4-5,8,10-13,16H2. The molecule has 0 spiro atoms. The zero-order valence-electron chi connectivity index (χ0n) is 20.7. The molecule has 3 saturated carbocycles. The number of rotatable bonds is 11. The van der Waals surface area contributed by atoms with E-state index in [0.717, 1.165) is 49.0 Å². The van der Waals surface area contributed by atoms with E-state index in [4.69, 9.17) is 4.42 Å². The van der Waals surface area contributed by atoms with Crippen LogP contribution in [0.4, 0.5) is 5.69 Å². The predicted octanol–water partition coefficient (Wildman–Crippen LogP) is 5.45. The molecule has 2 heterocycles. The van der Waals surface area contributed by atoms with Gasteiger partial charge in [0.15, 0.2) is 5.03 Å². The zero-order chi connectivity index (χ0) is 25.6. The molecule has 3 aliphatic rings. The Balaban J connectivity index is 1.20. The highest BCUT2D eigenvalue weighted by Gasteiger charge is 2.46. The van der Waals surface area contributed by atoms with Gasteiger partial charge in [0.1, 0.15) is 11.5 Å². The maximum Gasteiger partial charge on any atom is 0.343 e. The number of sulfonamides is 1. The van der Waals surface area contributed by atoms with Gasteiger partial charge in [-0.05, 0) is 98.4 Å². The van der Waals surface area contributed by atoms with E-state index in [1.165, 1.54) is 31.5 Å². The van der Waals surface area contributed by atoms with Gasteiger partial charge in [-0.25, -0.2) is 9.78 Å². The van der Waals surface area contributed by atoms with Crippen LogP contribution in [0.3, 0.4) is 0 Å². The summed E-state index contributed by atoms with van der Waals surface area (Å²) in [4.78, 5) is 17.1. The number of pyridine rings is 1. The summed E-state index contributed by atoms with van der Waals surface area (Å²) in [5.74, 6) is 3.03. The fourth-order valence-electron chi connectivity index (χ4n) is 5.80. The summed E-state index contributed by atoms with van der Waals surface area (Å²) in [5.41, 5.74) is 0.887. The van der Waals surface area contributed by atoms with Gasteiger partial charge in [-0.15, -0.1) is 0 Å². The van der Waals surface area contributed by atoms with Crippen molar-refractivity contribution in [1.82, 2.24) is 4.98 Å². The monoisotopic (exact) mass is 520 g/mol. The SMILES string of the molecule is O=c1oc(CCCC2CC2C2CC2)cc(O)c1C(c1cccc(NS(=O)(=O)c2ccccn2)c1)C1CC1. The minimum absolute atomic E-state index is 0.0371. The highest BCUT2D eigenvalue weighted by atomic mass is 32.2. The van der Waals surface area contributed by atoms with Crippen LogP contribution >= 0.6 is 0 Å². The Bertz CT molecular complexity index is 1440. The van der Waals surface area contributed by atoms with Crippen molar-refractivity contribution >= 4 is 15.7 Å². The highest BCUT2D eigenvalue weighted by Crippen LogP contribution is 2.56. The molecule has 6 rings (SSSR count). The number of anilines is 1. The van der Waals surface area contributed by atoms with Crippen LogP contribution in [0.15, 0.2) is 69.0 Å². The van der Waals surface area contributed by atoms with Crippen molar-refractivity contribution in [2.24, 2.45) is 23.7 Å². The first-order valence-corrected chi connectivity index (χ1v) is 14.8. The molecular weight excluding hydrogens is 488 g/mol. The Labute approximate surface area is 217 Å². The molecule has 3 aromatic rings. The zero-order valence-corrected chi connectivity index (χ0v) is 21.5. The van der Waals surface area contributed by atoms with Crippen molar-refractivity contribution in [3.05, 3.63) is 82.0 Å². The van der Waals surface area contributed by atoms with Crippen molar-refractivity contribution in [1.29, 1.82) is 0 Å². The molecule has 3 fully saturated rings. The first-order chi connectivity index (χ1) is 17.9. The maximum atomic E-state index is 13.1. The second-order valence-corrected chi connectivity index (χ2v) is 12.5. The molecule has 37 heavy (non-hydrogen) atoms. The number of hydrogen-bond donors (Lipinski definition) is 2. The molecule has 3 atom stereocenters. The average Bonchev–Trinajstić information content (AvgIpc) is 3.73. The van der Waals surface area contributed by atoms with Gasteiger partial charge in [-0.1, -0.05) is 18.2 Å². The topological polar surface area (TPSA) is 109 Å². The molecule has 7 nitrogen and oxygen atoms in total. The van der Waals surface area contributed by atoms with Crippen LogP contribution < -0.4 is 10.3 Å². The molecule has 2 aromatic heterocycles. The van der Waals surface area contributed by atoms with Crippen LogP contribution in [-0.4, -0.2) is 18.5 Å². The molecule has 1 aromatic carbocycles. The molecule has 0 bridgehead atoms. The lowest BCUT2D eigenvalue weighted by molar-refractivity contribution is 0.398. The molecular formula is C29H32N2O5S. The quantitative estimate of drug-likeness (QED) is 0.348. The summed E-state index contributed by atoms with van der Waals surface area (Å²) >= 11 is 0. The maximum absolute atomic E-state index is 13.1. The van der Waals surface area contributed by atoms with Gasteiger partial charge in [0.25, 0.3) is 10.0 Å². The summed E-state index contributed by atoms with van der Waals surface area (Å²) in [5, 5.41) is 10.9. The van der Waals surface area contributed by atoms with Gasteiger partial charge < -0.3 is 9.52 Å². The third-order valence-corrected chi connectivity index (χ3v) is 9.33. The fraction of sp³-hybridized carbons (Fsp3) is 0.448. The minimum atomic E-state index is -3.85. The van der Waals surface area contributed by atoms with Crippen LogP contribution in [0, 0.1) is 23.7 Å². The first kappa shape index (κ1) is 24.2. The minimum Gasteiger partial charge on any atom is -0.507 e. The van der Waals surface area contributed by atoms with E-state index >= 15 is 0 Å².